The fraction of sp³-hybridized carbons (Fsp3) is 0.471. The van der Waals surface area contributed by atoms with Gasteiger partial charge in [0.2, 0.25) is 0 Å². The zero-order chi connectivity index (χ0) is 15.8. The van der Waals surface area contributed by atoms with Crippen LogP contribution in [0.4, 0.5) is 0 Å². The molecule has 1 rings (SSSR count). The maximum Gasteiger partial charge on any atom is 0.328 e. The molecule has 0 fully saturated rings. The Labute approximate surface area is 127 Å². The van der Waals surface area contributed by atoms with Crippen molar-refractivity contribution in [3.8, 4) is 5.75 Å². The van der Waals surface area contributed by atoms with Crippen molar-refractivity contribution in [1.82, 2.24) is 4.90 Å². The summed E-state index contributed by atoms with van der Waals surface area (Å²) in [5.74, 6) is -0.149. The van der Waals surface area contributed by atoms with Gasteiger partial charge in [-0.2, -0.15) is 0 Å². The number of aliphatic carboxylic acids is 1. The molecule has 21 heavy (non-hydrogen) atoms. The van der Waals surface area contributed by atoms with Crippen LogP contribution >= 0.6 is 0 Å². The van der Waals surface area contributed by atoms with Crippen LogP contribution in [0.5, 0.6) is 5.75 Å². The van der Waals surface area contributed by atoms with E-state index in [0.29, 0.717) is 6.04 Å². The fourth-order valence-corrected chi connectivity index (χ4v) is 2.23. The van der Waals surface area contributed by atoms with E-state index in [9.17, 15) is 4.79 Å². The minimum Gasteiger partial charge on any atom is -0.497 e. The van der Waals surface area contributed by atoms with Gasteiger partial charge in [-0.3, -0.25) is 4.90 Å². The van der Waals surface area contributed by atoms with Gasteiger partial charge in [0.15, 0.2) is 0 Å². The molecule has 4 heteroatoms. The van der Waals surface area contributed by atoms with Crippen molar-refractivity contribution in [1.29, 1.82) is 0 Å². The molecule has 4 nitrogen and oxygen atoms in total. The van der Waals surface area contributed by atoms with E-state index < -0.39 is 5.97 Å². The van der Waals surface area contributed by atoms with Gasteiger partial charge in [-0.15, -0.1) is 0 Å². The van der Waals surface area contributed by atoms with Crippen LogP contribution in [0.1, 0.15) is 38.3 Å². The van der Waals surface area contributed by atoms with Crippen molar-refractivity contribution in [2.24, 2.45) is 0 Å². The first kappa shape index (κ1) is 17.2. The molecule has 1 aromatic carbocycles. The first-order valence-corrected chi connectivity index (χ1v) is 7.33. The molecule has 1 atom stereocenters. The smallest absolute Gasteiger partial charge is 0.328 e. The quantitative estimate of drug-likeness (QED) is 0.746. The number of rotatable bonds is 8. The molecule has 1 unspecified atom stereocenters. The van der Waals surface area contributed by atoms with Crippen LogP contribution < -0.4 is 4.74 Å². The van der Waals surface area contributed by atoms with Crippen molar-refractivity contribution in [3.63, 3.8) is 0 Å². The molecular formula is C17H25NO3. The minimum absolute atomic E-state index is 0.484. The number of carboxylic acid groups (broad SMARTS) is 1. The molecule has 0 aliphatic rings. The molecule has 0 aromatic heterocycles. The second-order valence-electron chi connectivity index (χ2n) is 5.06. The molecule has 0 heterocycles. The second kappa shape index (κ2) is 8.47. The number of carbonyl (C=O) groups is 1. The van der Waals surface area contributed by atoms with E-state index in [1.807, 2.05) is 18.2 Å². The average molecular weight is 291 g/mol. The lowest BCUT2D eigenvalue weighted by Gasteiger charge is -2.27. The lowest BCUT2D eigenvalue weighted by atomic mass is 10.0. The van der Waals surface area contributed by atoms with E-state index >= 15 is 0 Å². The molecule has 0 amide bonds. The van der Waals surface area contributed by atoms with E-state index in [0.717, 1.165) is 36.4 Å². The van der Waals surface area contributed by atoms with Crippen molar-refractivity contribution >= 4 is 12.0 Å². The number of carboxylic acids is 1. The van der Waals surface area contributed by atoms with Crippen molar-refractivity contribution in [2.45, 2.75) is 39.8 Å². The van der Waals surface area contributed by atoms with Crippen molar-refractivity contribution in [3.05, 3.63) is 35.4 Å². The Bertz CT molecular complexity index is 497. The summed E-state index contributed by atoms with van der Waals surface area (Å²) in [6, 6.07) is 6.22. The molecule has 0 spiro atoms. The molecular weight excluding hydrogens is 266 g/mol. The number of ether oxygens (including phenoxy) is 1. The normalized spacial score (nSPS) is 12.8. The third-order valence-electron chi connectivity index (χ3n) is 3.75. The van der Waals surface area contributed by atoms with Gasteiger partial charge in [0.1, 0.15) is 5.75 Å². The van der Waals surface area contributed by atoms with Crippen LogP contribution in [-0.4, -0.2) is 35.7 Å². The molecule has 0 saturated carbocycles. The molecule has 0 aliphatic carbocycles. The van der Waals surface area contributed by atoms with Gasteiger partial charge in [0, 0.05) is 18.7 Å². The summed E-state index contributed by atoms with van der Waals surface area (Å²) in [5.41, 5.74) is 1.99. The SMILES string of the molecule is CCC(C)N(CC)Cc1cc(OC)ccc1C=CC(=O)O. The molecule has 1 N–H and O–H groups in total. The number of methoxy groups -OCH3 is 1. The Morgan fingerprint density at radius 2 is 2.14 bits per heavy atom. The zero-order valence-corrected chi connectivity index (χ0v) is 13.3. The Hall–Kier alpha value is -1.81. The summed E-state index contributed by atoms with van der Waals surface area (Å²) in [6.45, 7) is 8.25. The maximum atomic E-state index is 10.7. The minimum atomic E-state index is -0.939. The summed E-state index contributed by atoms with van der Waals surface area (Å²) in [6.07, 6.45) is 3.89. The topological polar surface area (TPSA) is 49.8 Å². The van der Waals surface area contributed by atoms with E-state index in [2.05, 4.69) is 25.7 Å². The summed E-state index contributed by atoms with van der Waals surface area (Å²) in [5, 5.41) is 8.80. The summed E-state index contributed by atoms with van der Waals surface area (Å²) >= 11 is 0. The molecule has 0 radical (unpaired) electrons. The van der Waals surface area contributed by atoms with Crippen LogP contribution in [0.15, 0.2) is 24.3 Å². The lowest BCUT2D eigenvalue weighted by molar-refractivity contribution is -0.131. The highest BCUT2D eigenvalue weighted by Crippen LogP contribution is 2.22. The maximum absolute atomic E-state index is 10.7. The van der Waals surface area contributed by atoms with Gasteiger partial charge in [0.05, 0.1) is 7.11 Å². The third-order valence-corrected chi connectivity index (χ3v) is 3.75. The fourth-order valence-electron chi connectivity index (χ4n) is 2.23. The van der Waals surface area contributed by atoms with Gasteiger partial charge in [-0.1, -0.05) is 19.9 Å². The van der Waals surface area contributed by atoms with E-state index in [1.165, 1.54) is 6.08 Å². The summed E-state index contributed by atoms with van der Waals surface area (Å²) < 4.78 is 5.28. The standard InChI is InChI=1S/C17H25NO3/c1-5-13(3)18(6-2)12-15-11-16(21-4)9-7-14(15)8-10-17(19)20/h7-11,13H,5-6,12H2,1-4H3,(H,19,20). The molecule has 0 saturated heterocycles. The highest BCUT2D eigenvalue weighted by Gasteiger charge is 2.13. The third kappa shape index (κ3) is 5.23. The number of hydrogen-bond donors (Lipinski definition) is 1. The van der Waals surface area contributed by atoms with Gasteiger partial charge < -0.3 is 9.84 Å². The van der Waals surface area contributed by atoms with Gasteiger partial charge in [0.25, 0.3) is 0 Å². The first-order valence-electron chi connectivity index (χ1n) is 7.33. The van der Waals surface area contributed by atoms with E-state index in [1.54, 1.807) is 13.2 Å². The molecule has 1 aromatic rings. The van der Waals surface area contributed by atoms with E-state index in [4.69, 9.17) is 9.84 Å². The average Bonchev–Trinajstić information content (AvgIpc) is 2.49. The molecule has 0 aliphatic heterocycles. The number of nitrogens with zero attached hydrogens (tertiary/aromatic N) is 1. The van der Waals surface area contributed by atoms with Gasteiger partial charge >= 0.3 is 5.97 Å². The highest BCUT2D eigenvalue weighted by atomic mass is 16.5. The van der Waals surface area contributed by atoms with Gasteiger partial charge in [-0.05, 0) is 49.2 Å². The lowest BCUT2D eigenvalue weighted by Crippen LogP contribution is -2.32. The Morgan fingerprint density at radius 1 is 1.43 bits per heavy atom. The van der Waals surface area contributed by atoms with Crippen molar-refractivity contribution in [2.75, 3.05) is 13.7 Å². The highest BCUT2D eigenvalue weighted by molar-refractivity contribution is 5.85. The number of benzene rings is 1. The zero-order valence-electron chi connectivity index (χ0n) is 13.3. The molecule has 0 bridgehead atoms. The van der Waals surface area contributed by atoms with Crippen LogP contribution in [0, 0.1) is 0 Å². The monoisotopic (exact) mass is 291 g/mol. The Morgan fingerprint density at radius 3 is 2.67 bits per heavy atom. The van der Waals surface area contributed by atoms with Crippen LogP contribution in [0.2, 0.25) is 0 Å². The predicted octanol–water partition coefficient (Wildman–Crippen LogP) is 3.41. The van der Waals surface area contributed by atoms with Crippen molar-refractivity contribution < 1.29 is 14.6 Å². The largest absolute Gasteiger partial charge is 0.497 e. The van der Waals surface area contributed by atoms with Crippen LogP contribution in [-0.2, 0) is 11.3 Å². The van der Waals surface area contributed by atoms with Crippen LogP contribution in [0.25, 0.3) is 6.08 Å². The number of hydrogen-bond acceptors (Lipinski definition) is 3. The first-order chi connectivity index (χ1) is 10.0. The summed E-state index contributed by atoms with van der Waals surface area (Å²) in [4.78, 5) is 13.1. The predicted molar refractivity (Wildman–Crippen MR) is 85.5 cm³/mol. The summed E-state index contributed by atoms with van der Waals surface area (Å²) in [7, 11) is 1.64. The Balaban J connectivity index is 3.08. The Kier molecular flexibility index (Phi) is 6.96. The van der Waals surface area contributed by atoms with Crippen LogP contribution in [0.3, 0.4) is 0 Å². The molecule has 116 valence electrons. The van der Waals surface area contributed by atoms with Gasteiger partial charge in [-0.25, -0.2) is 4.79 Å². The van der Waals surface area contributed by atoms with E-state index in [-0.39, 0.29) is 0 Å². The second-order valence-corrected chi connectivity index (χ2v) is 5.06.